The number of hydrogen-bond acceptors (Lipinski definition) is 1. The van der Waals surface area contributed by atoms with Crippen molar-refractivity contribution in [1.29, 1.82) is 0 Å². The van der Waals surface area contributed by atoms with Gasteiger partial charge >= 0.3 is 0 Å². The second kappa shape index (κ2) is 6.68. The van der Waals surface area contributed by atoms with Gasteiger partial charge in [-0.2, -0.15) is 0 Å². The summed E-state index contributed by atoms with van der Waals surface area (Å²) in [6.45, 7) is 6.66. The normalized spacial score (nSPS) is 13.6. The molecule has 0 N–H and O–H groups in total. The Morgan fingerprint density at radius 3 is 1.95 bits per heavy atom. The Bertz CT molecular complexity index is 541. The van der Waals surface area contributed by atoms with Crippen LogP contribution in [0.5, 0.6) is 0 Å². The standard InChI is InChI=1S/C18H22OSi/c1-20(2,3)19-18(17-12-8-5-9-13-17)15-14-16-10-6-4-7-11-16/h4-15,18H,1-3H3/b15-14+. The average Bonchev–Trinajstić information content (AvgIpc) is 2.44. The first-order valence-electron chi connectivity index (χ1n) is 7.01. The third-order valence-corrected chi connectivity index (χ3v) is 3.83. The zero-order valence-electron chi connectivity index (χ0n) is 12.4. The first kappa shape index (κ1) is 14.8. The van der Waals surface area contributed by atoms with Crippen molar-refractivity contribution in [3.05, 3.63) is 77.9 Å². The molecule has 2 aromatic carbocycles. The van der Waals surface area contributed by atoms with Crippen LogP contribution >= 0.6 is 0 Å². The van der Waals surface area contributed by atoms with Crippen molar-refractivity contribution in [2.75, 3.05) is 0 Å². The SMILES string of the molecule is C[Si](C)(C)OC(/C=C/c1ccccc1)c1ccccc1. The van der Waals surface area contributed by atoms with Gasteiger partial charge in [0.15, 0.2) is 8.32 Å². The molecular weight excluding hydrogens is 260 g/mol. The lowest BCUT2D eigenvalue weighted by Crippen LogP contribution is -2.27. The highest BCUT2D eigenvalue weighted by molar-refractivity contribution is 6.69. The lowest BCUT2D eigenvalue weighted by atomic mass is 10.1. The van der Waals surface area contributed by atoms with E-state index in [-0.39, 0.29) is 6.10 Å². The predicted molar refractivity (Wildman–Crippen MR) is 89.1 cm³/mol. The van der Waals surface area contributed by atoms with Gasteiger partial charge in [0.2, 0.25) is 0 Å². The van der Waals surface area contributed by atoms with Crippen molar-refractivity contribution in [1.82, 2.24) is 0 Å². The molecule has 0 saturated carbocycles. The fourth-order valence-electron chi connectivity index (χ4n) is 2.00. The molecule has 0 fully saturated rings. The Morgan fingerprint density at radius 2 is 1.40 bits per heavy atom. The third-order valence-electron chi connectivity index (χ3n) is 2.87. The molecule has 1 nitrogen and oxygen atoms in total. The van der Waals surface area contributed by atoms with Crippen LogP contribution in [-0.2, 0) is 4.43 Å². The topological polar surface area (TPSA) is 9.23 Å². The monoisotopic (exact) mass is 282 g/mol. The highest BCUT2D eigenvalue weighted by Crippen LogP contribution is 2.24. The summed E-state index contributed by atoms with van der Waals surface area (Å²) < 4.78 is 6.30. The molecule has 104 valence electrons. The Balaban J connectivity index is 2.21. The van der Waals surface area contributed by atoms with E-state index in [1.165, 1.54) is 11.1 Å². The molecule has 2 aromatic rings. The minimum absolute atomic E-state index is 0.0306. The molecule has 0 aliphatic carbocycles. The van der Waals surface area contributed by atoms with Gasteiger partial charge in [0.1, 0.15) is 0 Å². The van der Waals surface area contributed by atoms with Crippen LogP contribution < -0.4 is 0 Å². The highest BCUT2D eigenvalue weighted by Gasteiger charge is 2.20. The Morgan fingerprint density at radius 1 is 0.850 bits per heavy atom. The van der Waals surface area contributed by atoms with Crippen molar-refractivity contribution in [3.8, 4) is 0 Å². The van der Waals surface area contributed by atoms with Gasteiger partial charge in [0.25, 0.3) is 0 Å². The fourth-order valence-corrected chi connectivity index (χ4v) is 2.98. The maximum Gasteiger partial charge on any atom is 0.185 e. The van der Waals surface area contributed by atoms with Crippen LogP contribution in [0.1, 0.15) is 17.2 Å². The molecule has 1 unspecified atom stereocenters. The molecule has 0 bridgehead atoms. The molecule has 0 aromatic heterocycles. The highest BCUT2D eigenvalue weighted by atomic mass is 28.4. The van der Waals surface area contributed by atoms with Gasteiger partial charge < -0.3 is 4.43 Å². The van der Waals surface area contributed by atoms with Crippen molar-refractivity contribution in [3.63, 3.8) is 0 Å². The van der Waals surface area contributed by atoms with Crippen molar-refractivity contribution < 1.29 is 4.43 Å². The molecule has 2 rings (SSSR count). The van der Waals surface area contributed by atoms with E-state index in [2.05, 4.69) is 80.3 Å². The smallest absolute Gasteiger partial charge is 0.185 e. The Hall–Kier alpha value is -1.64. The second-order valence-electron chi connectivity index (χ2n) is 5.83. The average molecular weight is 282 g/mol. The molecule has 2 heteroatoms. The largest absolute Gasteiger partial charge is 0.407 e. The van der Waals surface area contributed by atoms with E-state index in [0.717, 1.165) is 0 Å². The van der Waals surface area contributed by atoms with E-state index in [1.807, 2.05) is 12.1 Å². The van der Waals surface area contributed by atoms with Gasteiger partial charge in [-0.3, -0.25) is 0 Å². The molecule has 0 spiro atoms. The molecule has 20 heavy (non-hydrogen) atoms. The number of rotatable bonds is 5. The summed E-state index contributed by atoms with van der Waals surface area (Å²) in [5.74, 6) is 0. The Kier molecular flexibility index (Phi) is 4.93. The van der Waals surface area contributed by atoms with Crippen LogP contribution in [0.3, 0.4) is 0 Å². The molecule has 0 radical (unpaired) electrons. The van der Waals surface area contributed by atoms with Crippen molar-refractivity contribution in [2.24, 2.45) is 0 Å². The number of hydrogen-bond donors (Lipinski definition) is 0. The van der Waals surface area contributed by atoms with Crippen LogP contribution in [0.4, 0.5) is 0 Å². The van der Waals surface area contributed by atoms with E-state index < -0.39 is 8.32 Å². The summed E-state index contributed by atoms with van der Waals surface area (Å²) in [5, 5.41) is 0. The van der Waals surface area contributed by atoms with Gasteiger partial charge in [0, 0.05) is 0 Å². The van der Waals surface area contributed by atoms with Crippen LogP contribution in [-0.4, -0.2) is 8.32 Å². The zero-order valence-corrected chi connectivity index (χ0v) is 13.4. The molecule has 0 amide bonds. The van der Waals surface area contributed by atoms with Gasteiger partial charge in [-0.25, -0.2) is 0 Å². The van der Waals surface area contributed by atoms with Gasteiger partial charge in [-0.15, -0.1) is 0 Å². The third kappa shape index (κ3) is 4.80. The lowest BCUT2D eigenvalue weighted by Gasteiger charge is -2.24. The minimum Gasteiger partial charge on any atom is -0.407 e. The van der Waals surface area contributed by atoms with E-state index in [0.29, 0.717) is 0 Å². The summed E-state index contributed by atoms with van der Waals surface area (Å²) >= 11 is 0. The van der Waals surface area contributed by atoms with Crippen LogP contribution in [0.15, 0.2) is 66.7 Å². The first-order valence-corrected chi connectivity index (χ1v) is 10.4. The fraction of sp³-hybridized carbons (Fsp3) is 0.222. The lowest BCUT2D eigenvalue weighted by molar-refractivity contribution is 0.249. The van der Waals surface area contributed by atoms with E-state index >= 15 is 0 Å². The summed E-state index contributed by atoms with van der Waals surface area (Å²) in [7, 11) is -1.59. The quantitative estimate of drug-likeness (QED) is 0.677. The molecule has 0 saturated heterocycles. The maximum atomic E-state index is 6.30. The Labute approximate surface area is 123 Å². The number of benzene rings is 2. The summed E-state index contributed by atoms with van der Waals surface area (Å²) in [5.41, 5.74) is 2.41. The molecule has 0 aliphatic heterocycles. The molecule has 1 atom stereocenters. The van der Waals surface area contributed by atoms with Crippen molar-refractivity contribution >= 4 is 14.4 Å². The second-order valence-corrected chi connectivity index (χ2v) is 10.3. The van der Waals surface area contributed by atoms with Crippen LogP contribution in [0.2, 0.25) is 19.6 Å². The van der Waals surface area contributed by atoms with Gasteiger partial charge in [-0.05, 0) is 30.8 Å². The molecule has 0 heterocycles. The zero-order chi connectivity index (χ0) is 14.4. The first-order chi connectivity index (χ1) is 9.54. The molecular formula is C18H22OSi. The van der Waals surface area contributed by atoms with E-state index in [1.54, 1.807) is 0 Å². The van der Waals surface area contributed by atoms with E-state index in [9.17, 15) is 0 Å². The summed E-state index contributed by atoms with van der Waals surface area (Å²) in [6.07, 6.45) is 4.32. The van der Waals surface area contributed by atoms with Crippen LogP contribution in [0, 0.1) is 0 Å². The predicted octanol–water partition coefficient (Wildman–Crippen LogP) is 5.29. The minimum atomic E-state index is -1.59. The van der Waals surface area contributed by atoms with E-state index in [4.69, 9.17) is 4.43 Å². The van der Waals surface area contributed by atoms with Crippen molar-refractivity contribution in [2.45, 2.75) is 25.7 Å². The summed E-state index contributed by atoms with van der Waals surface area (Å²) in [6, 6.07) is 20.8. The molecule has 0 aliphatic rings. The summed E-state index contributed by atoms with van der Waals surface area (Å²) in [4.78, 5) is 0. The van der Waals surface area contributed by atoms with Gasteiger partial charge in [0.05, 0.1) is 6.10 Å². The van der Waals surface area contributed by atoms with Gasteiger partial charge in [-0.1, -0.05) is 72.8 Å². The maximum absolute atomic E-state index is 6.30. The van der Waals surface area contributed by atoms with Crippen LogP contribution in [0.25, 0.3) is 6.08 Å².